The van der Waals surface area contributed by atoms with Crippen molar-refractivity contribution >= 4 is 40.0 Å². The molecule has 6 rings (SSSR count). The lowest BCUT2D eigenvalue weighted by Crippen LogP contribution is -2.38. The maximum atomic E-state index is 15.1. The number of carbonyl (C=O) groups excluding carboxylic acids is 2. The maximum Gasteiger partial charge on any atom is 0.256 e. The van der Waals surface area contributed by atoms with Crippen LogP contribution in [0.4, 0.5) is 9.52 Å². The lowest BCUT2D eigenvalue weighted by molar-refractivity contribution is -0.124. The van der Waals surface area contributed by atoms with E-state index in [1.54, 1.807) is 35.0 Å². The summed E-state index contributed by atoms with van der Waals surface area (Å²) in [6.45, 7) is 13.9. The molecular weight excluding hydrogens is 620 g/mol. The average molecular weight is 661 g/mol. The third kappa shape index (κ3) is 7.44. The number of hydrogen-bond donors (Lipinski definition) is 1. The van der Waals surface area contributed by atoms with E-state index in [-0.39, 0.29) is 23.3 Å². The van der Waals surface area contributed by atoms with Crippen LogP contribution >= 0.6 is 23.1 Å². The summed E-state index contributed by atoms with van der Waals surface area (Å²) in [7, 11) is 0. The number of para-hydroxylation sites is 1. The van der Waals surface area contributed by atoms with Gasteiger partial charge in [0.05, 0.1) is 27.1 Å². The number of fused-ring (bicyclic) bond motifs is 2. The first kappa shape index (κ1) is 33.6. The number of aromatic nitrogens is 2. The number of pyridine rings is 1. The third-order valence-corrected chi connectivity index (χ3v) is 9.70. The van der Waals surface area contributed by atoms with Gasteiger partial charge in [-0.05, 0) is 48.8 Å². The van der Waals surface area contributed by atoms with Gasteiger partial charge in [-0.3, -0.25) is 9.59 Å². The van der Waals surface area contributed by atoms with Gasteiger partial charge in [0.1, 0.15) is 11.6 Å². The molecule has 10 heteroatoms. The van der Waals surface area contributed by atoms with Gasteiger partial charge in [0.2, 0.25) is 11.8 Å². The third-order valence-electron chi connectivity index (χ3n) is 7.74. The zero-order valence-electron chi connectivity index (χ0n) is 27.4. The van der Waals surface area contributed by atoms with Crippen LogP contribution in [0.1, 0.15) is 81.8 Å². The number of carbonyl (C=O) groups is 2. The highest BCUT2D eigenvalue weighted by Crippen LogP contribution is 2.52. The van der Waals surface area contributed by atoms with Crippen molar-refractivity contribution in [3.05, 3.63) is 83.3 Å². The SMILES string of the molecule is CC(C)(C)C.CSc1cnc(NC(=O)C(C)(C)C2c3ccccc3Oc3nc(-c4ccc(C(=O)N5CCCC5)c(F)c4)ccc32)s1. The lowest BCUT2D eigenvalue weighted by Gasteiger charge is -2.37. The number of nitrogens with zero attached hydrogens (tertiary/aromatic N) is 3. The van der Waals surface area contributed by atoms with E-state index < -0.39 is 11.2 Å². The molecule has 0 spiro atoms. The largest absolute Gasteiger partial charge is 0.438 e. The molecular formula is C36H41FN4O3S2. The number of halogens is 1. The van der Waals surface area contributed by atoms with Crippen molar-refractivity contribution in [3.8, 4) is 22.9 Å². The molecule has 0 saturated carbocycles. The summed E-state index contributed by atoms with van der Waals surface area (Å²) in [5, 5.41) is 3.55. The number of anilines is 1. The van der Waals surface area contributed by atoms with E-state index in [1.807, 2.05) is 50.4 Å². The Kier molecular flexibility index (Phi) is 9.89. The predicted molar refractivity (Wildman–Crippen MR) is 185 cm³/mol. The van der Waals surface area contributed by atoms with Gasteiger partial charge in [0, 0.05) is 35.7 Å². The second kappa shape index (κ2) is 13.5. The van der Waals surface area contributed by atoms with Crippen LogP contribution in [0.3, 0.4) is 0 Å². The number of hydrogen-bond acceptors (Lipinski definition) is 7. The monoisotopic (exact) mass is 660 g/mol. The van der Waals surface area contributed by atoms with Gasteiger partial charge in [-0.25, -0.2) is 14.4 Å². The summed E-state index contributed by atoms with van der Waals surface area (Å²) < 4.78 is 22.4. The average Bonchev–Trinajstić information content (AvgIpc) is 3.71. The molecule has 0 aliphatic carbocycles. The summed E-state index contributed by atoms with van der Waals surface area (Å²) in [5.74, 6) is -0.406. The van der Waals surface area contributed by atoms with Crippen LogP contribution in [-0.4, -0.2) is 46.0 Å². The van der Waals surface area contributed by atoms with Crippen molar-refractivity contribution in [2.45, 2.75) is 64.5 Å². The van der Waals surface area contributed by atoms with Crippen LogP contribution in [0.2, 0.25) is 0 Å². The first-order valence-corrected chi connectivity index (χ1v) is 17.5. The lowest BCUT2D eigenvalue weighted by atomic mass is 9.69. The van der Waals surface area contributed by atoms with Crippen molar-refractivity contribution < 1.29 is 18.7 Å². The molecule has 4 aromatic rings. The minimum Gasteiger partial charge on any atom is -0.438 e. The van der Waals surface area contributed by atoms with Crippen molar-refractivity contribution in [2.75, 3.05) is 24.7 Å². The van der Waals surface area contributed by atoms with Crippen molar-refractivity contribution in [2.24, 2.45) is 10.8 Å². The Bertz CT molecular complexity index is 1740. The van der Waals surface area contributed by atoms with Crippen LogP contribution in [0.5, 0.6) is 11.6 Å². The zero-order chi connectivity index (χ0) is 33.2. The van der Waals surface area contributed by atoms with Gasteiger partial charge >= 0.3 is 0 Å². The molecule has 2 aliphatic rings. The normalized spacial score (nSPS) is 15.7. The molecule has 1 fully saturated rings. The van der Waals surface area contributed by atoms with E-state index in [1.165, 1.54) is 23.5 Å². The van der Waals surface area contributed by atoms with Crippen LogP contribution in [0, 0.1) is 16.6 Å². The van der Waals surface area contributed by atoms with Crippen LogP contribution in [-0.2, 0) is 4.79 Å². The Balaban J connectivity index is 0.000000775. The fourth-order valence-electron chi connectivity index (χ4n) is 5.51. The number of amides is 2. The second-order valence-electron chi connectivity index (χ2n) is 13.7. The molecule has 0 radical (unpaired) electrons. The topological polar surface area (TPSA) is 84.4 Å². The summed E-state index contributed by atoms with van der Waals surface area (Å²) in [5.41, 5.74) is 2.36. The van der Waals surface area contributed by atoms with Gasteiger partial charge in [-0.15, -0.1) is 11.8 Å². The number of nitrogens with one attached hydrogen (secondary N) is 1. The Hall–Kier alpha value is -3.76. The quantitative estimate of drug-likeness (QED) is 0.208. The molecule has 46 heavy (non-hydrogen) atoms. The van der Waals surface area contributed by atoms with E-state index in [9.17, 15) is 9.59 Å². The van der Waals surface area contributed by atoms with Crippen molar-refractivity contribution in [1.29, 1.82) is 0 Å². The van der Waals surface area contributed by atoms with Gasteiger partial charge in [-0.2, -0.15) is 0 Å². The Morgan fingerprint density at radius 2 is 1.70 bits per heavy atom. The highest BCUT2D eigenvalue weighted by molar-refractivity contribution is 8.00. The Labute approximate surface area is 279 Å². The van der Waals surface area contributed by atoms with E-state index in [0.29, 0.717) is 46.5 Å². The van der Waals surface area contributed by atoms with E-state index in [0.717, 1.165) is 28.2 Å². The number of thioether (sulfide) groups is 1. The molecule has 1 N–H and O–H groups in total. The zero-order valence-corrected chi connectivity index (χ0v) is 29.1. The molecule has 4 heterocycles. The number of benzene rings is 2. The molecule has 2 aliphatic heterocycles. The summed E-state index contributed by atoms with van der Waals surface area (Å²) >= 11 is 3.01. The van der Waals surface area contributed by atoms with Gasteiger partial charge in [-0.1, -0.05) is 83.2 Å². The van der Waals surface area contributed by atoms with Crippen LogP contribution in [0.25, 0.3) is 11.3 Å². The molecule has 0 bridgehead atoms. The van der Waals surface area contributed by atoms with Crippen molar-refractivity contribution in [3.63, 3.8) is 0 Å². The molecule has 1 saturated heterocycles. The van der Waals surface area contributed by atoms with Gasteiger partial charge in [0.15, 0.2) is 5.13 Å². The number of rotatable bonds is 6. The first-order valence-electron chi connectivity index (χ1n) is 15.4. The Morgan fingerprint density at radius 3 is 2.35 bits per heavy atom. The van der Waals surface area contributed by atoms with Crippen molar-refractivity contribution in [1.82, 2.24) is 14.9 Å². The highest BCUT2D eigenvalue weighted by Gasteiger charge is 2.44. The minimum absolute atomic E-state index is 0.0662. The van der Waals surface area contributed by atoms with E-state index in [4.69, 9.17) is 9.72 Å². The molecule has 1 atom stereocenters. The molecule has 2 aromatic heterocycles. The standard InChI is InChI=1S/C31H29FN4O3S2.C5H12/c1-31(2,29(38)35-30-33-17-25(40-3)41-30)26-20-8-4-5-9-24(20)39-27-21(26)12-13-23(34-27)18-10-11-19(22(32)16-18)28(37)36-14-6-7-15-36;1-5(2,3)4/h4-5,8-13,16-17,26H,6-7,14-15H2,1-3H3,(H,33,35,38);1-4H3. The van der Waals surface area contributed by atoms with Gasteiger partial charge < -0.3 is 15.0 Å². The fourth-order valence-corrected chi connectivity index (χ4v) is 6.79. The summed E-state index contributed by atoms with van der Waals surface area (Å²) in [6, 6.07) is 15.9. The number of thiazole rings is 1. The number of ether oxygens (including phenoxy) is 1. The highest BCUT2D eigenvalue weighted by atomic mass is 32.2. The van der Waals surface area contributed by atoms with Gasteiger partial charge in [0.25, 0.3) is 5.91 Å². The smallest absolute Gasteiger partial charge is 0.256 e. The van der Waals surface area contributed by atoms with Crippen LogP contribution in [0.15, 0.2) is 65.0 Å². The molecule has 242 valence electrons. The number of likely N-dealkylation sites (tertiary alicyclic amines) is 1. The molecule has 1 unspecified atom stereocenters. The fraction of sp³-hybridized carbons (Fsp3) is 0.389. The minimum atomic E-state index is -0.896. The molecule has 7 nitrogen and oxygen atoms in total. The first-order chi connectivity index (χ1) is 21.8. The van der Waals surface area contributed by atoms with E-state index >= 15 is 4.39 Å². The van der Waals surface area contributed by atoms with E-state index in [2.05, 4.69) is 38.0 Å². The molecule has 2 aromatic carbocycles. The summed E-state index contributed by atoms with van der Waals surface area (Å²) in [6.07, 6.45) is 5.60. The summed E-state index contributed by atoms with van der Waals surface area (Å²) in [4.78, 5) is 37.2. The Morgan fingerprint density at radius 1 is 1.00 bits per heavy atom. The van der Waals surface area contributed by atoms with Crippen LogP contribution < -0.4 is 10.1 Å². The predicted octanol–water partition coefficient (Wildman–Crippen LogP) is 9.26. The second-order valence-corrected chi connectivity index (χ2v) is 15.9. The molecule has 2 amide bonds. The maximum absolute atomic E-state index is 15.1.